The molecular formula is C62H62N8O11S3. The van der Waals surface area contributed by atoms with Crippen molar-refractivity contribution in [3.8, 4) is 0 Å². The first kappa shape index (κ1) is 60.2. The molecule has 0 saturated carbocycles. The maximum atomic E-state index is 15.1. The van der Waals surface area contributed by atoms with Crippen molar-refractivity contribution in [1.29, 1.82) is 0 Å². The molecule has 2 aliphatic heterocycles. The molecule has 2 aromatic heterocycles. The zero-order valence-corrected chi connectivity index (χ0v) is 49.4. The van der Waals surface area contributed by atoms with E-state index in [2.05, 4.69) is 20.9 Å². The van der Waals surface area contributed by atoms with Gasteiger partial charge in [0.15, 0.2) is 29.1 Å². The Labute approximate surface area is 498 Å². The van der Waals surface area contributed by atoms with E-state index in [-0.39, 0.29) is 58.9 Å². The van der Waals surface area contributed by atoms with Crippen LogP contribution in [0.5, 0.6) is 0 Å². The molecule has 2 aliphatic rings. The van der Waals surface area contributed by atoms with Gasteiger partial charge in [0, 0.05) is 36.3 Å². The van der Waals surface area contributed by atoms with Crippen LogP contribution in [0.3, 0.4) is 0 Å². The average Bonchev–Trinajstić information content (AvgIpc) is 1.84. The Hall–Kier alpha value is -8.41. The number of β-lactam (4-membered cyclic amide) rings is 1. The van der Waals surface area contributed by atoms with Crippen molar-refractivity contribution in [2.24, 2.45) is 12.2 Å². The number of nitrogens with zero attached hydrogens (tertiary/aromatic N) is 6. The van der Waals surface area contributed by atoms with Crippen molar-refractivity contribution in [2.75, 3.05) is 30.9 Å². The van der Waals surface area contributed by atoms with Crippen LogP contribution in [-0.2, 0) is 62.1 Å². The number of oxime groups is 1. The molecule has 0 radical (unpaired) electrons. The number of carbonyl (C=O) groups is 4. The highest BCUT2D eigenvalue weighted by Gasteiger charge is 2.55. The highest BCUT2D eigenvalue weighted by molar-refractivity contribution is 8.00. The molecule has 7 aromatic rings. The van der Waals surface area contributed by atoms with Gasteiger partial charge in [0.25, 0.3) is 11.8 Å². The van der Waals surface area contributed by atoms with E-state index < -0.39 is 76.4 Å². The number of ether oxygens (including phenoxy) is 4. The topological polar surface area (TPSA) is 224 Å². The SMILES string of the molecule is CCOC(Cn1nc(C(S)=CC2=C(C(=O)OC(c3ccccc3)c3ccccc3)N3C(=O)C(NC(=O)C(=NOCC(=O)OC(C)(C)C)c4csc(NC(c5ccccc5)(c5ccccc5)c5ccccc5)n4)C3SC2)n(C)c(=O)c1=O)OCC. The Kier molecular flexibility index (Phi) is 19.3. The van der Waals surface area contributed by atoms with Gasteiger partial charge in [-0.1, -0.05) is 157 Å². The minimum absolute atomic E-state index is 0.0412. The molecule has 2 atom stereocenters. The van der Waals surface area contributed by atoms with Crippen LogP contribution in [0.1, 0.15) is 80.1 Å². The molecule has 1 fully saturated rings. The summed E-state index contributed by atoms with van der Waals surface area (Å²) in [5.74, 6) is -3.18. The van der Waals surface area contributed by atoms with E-state index in [0.717, 1.165) is 25.9 Å². The first-order chi connectivity index (χ1) is 40.5. The number of esters is 2. The van der Waals surface area contributed by atoms with E-state index in [9.17, 15) is 24.0 Å². The van der Waals surface area contributed by atoms with Crippen molar-refractivity contribution >= 4 is 75.2 Å². The fourth-order valence-corrected chi connectivity index (χ4v) is 12.0. The molecule has 2 N–H and O–H groups in total. The van der Waals surface area contributed by atoms with Crippen LogP contribution in [-0.4, -0.2) is 103 Å². The number of amides is 2. The largest absolute Gasteiger partial charge is 0.457 e. The second-order valence-electron chi connectivity index (χ2n) is 20.2. The zero-order valence-electron chi connectivity index (χ0n) is 46.9. The number of thiol groups is 1. The van der Waals surface area contributed by atoms with Gasteiger partial charge >= 0.3 is 23.1 Å². The van der Waals surface area contributed by atoms with Crippen LogP contribution in [0.4, 0.5) is 5.13 Å². The van der Waals surface area contributed by atoms with Crippen molar-refractivity contribution in [2.45, 2.75) is 76.1 Å². The van der Waals surface area contributed by atoms with Gasteiger partial charge in [0.1, 0.15) is 33.9 Å². The summed E-state index contributed by atoms with van der Waals surface area (Å²) in [6.45, 7) is 8.30. The number of anilines is 1. The van der Waals surface area contributed by atoms with Crippen molar-refractivity contribution in [1.82, 2.24) is 29.5 Å². The molecule has 0 aliphatic carbocycles. The molecule has 9 rings (SSSR count). The summed E-state index contributed by atoms with van der Waals surface area (Å²) in [7, 11) is 1.37. The van der Waals surface area contributed by atoms with Gasteiger partial charge in [-0.3, -0.25) is 28.6 Å². The predicted molar refractivity (Wildman–Crippen MR) is 324 cm³/mol. The van der Waals surface area contributed by atoms with Crippen molar-refractivity contribution < 1.29 is 43.0 Å². The van der Waals surface area contributed by atoms with E-state index >= 15 is 4.79 Å². The van der Waals surface area contributed by atoms with Crippen LogP contribution >= 0.6 is 35.7 Å². The predicted octanol–water partition coefficient (Wildman–Crippen LogP) is 8.22. The van der Waals surface area contributed by atoms with Crippen LogP contribution < -0.4 is 21.8 Å². The molecule has 84 heavy (non-hydrogen) atoms. The number of allylic oxidation sites excluding steroid dienone is 1. The van der Waals surface area contributed by atoms with Gasteiger partial charge in [-0.05, 0) is 74.1 Å². The number of carbonyl (C=O) groups excluding carboxylic acids is 4. The lowest BCUT2D eigenvalue weighted by Crippen LogP contribution is -2.71. The number of hydrogen-bond acceptors (Lipinski definition) is 18. The van der Waals surface area contributed by atoms with E-state index in [1.54, 1.807) is 40.0 Å². The van der Waals surface area contributed by atoms with Gasteiger partial charge in [-0.2, -0.15) is 5.10 Å². The summed E-state index contributed by atoms with van der Waals surface area (Å²) in [4.78, 5) is 96.2. The van der Waals surface area contributed by atoms with Crippen LogP contribution in [0.2, 0.25) is 0 Å². The summed E-state index contributed by atoms with van der Waals surface area (Å²) < 4.78 is 25.1. The molecule has 19 nitrogen and oxygen atoms in total. The Morgan fingerprint density at radius 2 is 1.32 bits per heavy atom. The summed E-state index contributed by atoms with van der Waals surface area (Å²) in [6, 6.07) is 46.6. The fourth-order valence-electron chi connectivity index (χ4n) is 9.63. The molecule has 0 spiro atoms. The summed E-state index contributed by atoms with van der Waals surface area (Å²) in [5.41, 5.74) is 0.129. The first-order valence-corrected chi connectivity index (χ1v) is 29.3. The maximum absolute atomic E-state index is 15.1. The molecule has 2 amide bonds. The molecule has 1 saturated heterocycles. The fraction of sp³-hybridized carbons (Fsp3) is 0.274. The number of rotatable bonds is 23. The highest BCUT2D eigenvalue weighted by Crippen LogP contribution is 2.44. The Morgan fingerprint density at radius 1 is 0.786 bits per heavy atom. The maximum Gasteiger partial charge on any atom is 0.356 e. The molecule has 0 bridgehead atoms. The first-order valence-electron chi connectivity index (χ1n) is 27.0. The summed E-state index contributed by atoms with van der Waals surface area (Å²) in [6.07, 6.45) is -0.336. The lowest BCUT2D eigenvalue weighted by molar-refractivity contribution is -0.160. The third-order valence-corrected chi connectivity index (χ3v) is 15.8. The zero-order chi connectivity index (χ0) is 59.5. The standard InChI is InChI=1S/C62H62N8O11S3/c1-7-77-48(78-8-2)35-69-57(75)56(74)68(6)53(66-69)46(82)34-41-37-83-58-50(55(73)70(58)51(41)59(76)80-52(39-24-14-9-15-25-39)40-26-16-10-17-27-40)64-54(72)49(67-79-36-47(71)81-61(3,4)5)45-38-84-60(63-45)65-62(42-28-18-11-19-29-42,43-30-20-12-21-31-43)44-32-22-13-23-33-44/h9-34,38,48,50,52,58,82H,7-8,35-37H2,1-6H3,(H,63,65)(H,64,72). The normalized spacial score (nSPS) is 15.6. The van der Waals surface area contributed by atoms with Gasteiger partial charge in [0.05, 0.1) is 6.54 Å². The quantitative estimate of drug-likeness (QED) is 0.00802. The van der Waals surface area contributed by atoms with Crippen molar-refractivity contribution in [3.05, 3.63) is 234 Å². The minimum Gasteiger partial charge on any atom is -0.457 e. The monoisotopic (exact) mass is 1190 g/mol. The lowest BCUT2D eigenvalue weighted by atomic mass is 9.77. The third-order valence-electron chi connectivity index (χ3n) is 13.4. The van der Waals surface area contributed by atoms with Gasteiger partial charge in [-0.25, -0.2) is 19.3 Å². The summed E-state index contributed by atoms with van der Waals surface area (Å²) in [5, 5.41) is 16.3. The molecule has 2 unspecified atom stereocenters. The van der Waals surface area contributed by atoms with Crippen molar-refractivity contribution in [3.63, 3.8) is 0 Å². The number of thiazole rings is 1. The highest BCUT2D eigenvalue weighted by atomic mass is 32.2. The summed E-state index contributed by atoms with van der Waals surface area (Å²) >= 11 is 7.22. The Balaban J connectivity index is 1.07. The number of aromatic nitrogens is 4. The third kappa shape index (κ3) is 13.5. The number of nitrogens with one attached hydrogen (secondary N) is 2. The van der Waals surface area contributed by atoms with E-state index in [4.69, 9.17) is 41.4 Å². The second kappa shape index (κ2) is 26.9. The molecule has 22 heteroatoms. The van der Waals surface area contributed by atoms with Gasteiger partial charge in [0.2, 0.25) is 6.61 Å². The molecule has 4 heterocycles. The Morgan fingerprint density at radius 3 is 1.85 bits per heavy atom. The Bertz CT molecular complexity index is 3560. The molecule has 434 valence electrons. The average molecular weight is 1190 g/mol. The van der Waals surface area contributed by atoms with Crippen LogP contribution in [0, 0.1) is 0 Å². The van der Waals surface area contributed by atoms with Crippen LogP contribution in [0.15, 0.2) is 189 Å². The van der Waals surface area contributed by atoms with Gasteiger partial charge < -0.3 is 34.4 Å². The van der Waals surface area contributed by atoms with E-state index in [1.807, 2.05) is 152 Å². The van der Waals surface area contributed by atoms with Gasteiger partial charge in [-0.15, -0.1) is 35.7 Å². The number of hydrogen-bond donors (Lipinski definition) is 3. The second-order valence-corrected chi connectivity index (χ2v) is 22.6. The smallest absolute Gasteiger partial charge is 0.356 e. The van der Waals surface area contributed by atoms with E-state index in [1.165, 1.54) is 41.1 Å². The molecular weight excluding hydrogens is 1130 g/mol. The molecule has 5 aromatic carbocycles. The number of benzene rings is 5. The number of thioether (sulfide) groups is 1. The van der Waals surface area contributed by atoms with E-state index in [0.29, 0.717) is 16.3 Å². The number of fused-ring (bicyclic) bond motifs is 1. The minimum atomic E-state index is -1.24. The van der Waals surface area contributed by atoms with Crippen LogP contribution in [0.25, 0.3) is 4.91 Å². The lowest BCUT2D eigenvalue weighted by Gasteiger charge is -2.49.